The number of benzene rings is 1. The number of rotatable bonds is 5. The molecule has 3 aromatic rings. The maximum absolute atomic E-state index is 12.0. The zero-order chi connectivity index (χ0) is 14.7. The Kier molecular flexibility index (Phi) is 3.78. The van der Waals surface area contributed by atoms with Gasteiger partial charge in [0.05, 0.1) is 12.8 Å². The van der Waals surface area contributed by atoms with Crippen molar-refractivity contribution in [3.8, 4) is 5.75 Å². The summed E-state index contributed by atoms with van der Waals surface area (Å²) in [5.41, 5.74) is 0.670. The highest BCUT2D eigenvalue weighted by Crippen LogP contribution is 2.23. The first kappa shape index (κ1) is 13.5. The van der Waals surface area contributed by atoms with Gasteiger partial charge in [0.2, 0.25) is 10.9 Å². The van der Waals surface area contributed by atoms with Gasteiger partial charge in [0.1, 0.15) is 17.1 Å². The molecule has 0 saturated heterocycles. The highest BCUT2D eigenvalue weighted by atomic mass is 32.1. The van der Waals surface area contributed by atoms with E-state index in [2.05, 4.69) is 20.6 Å². The van der Waals surface area contributed by atoms with Gasteiger partial charge in [-0.25, -0.2) is 0 Å². The first-order valence-electron chi connectivity index (χ1n) is 6.35. The molecule has 1 N–H and O–H groups in total. The first-order chi connectivity index (χ1) is 10.3. The lowest BCUT2D eigenvalue weighted by atomic mass is 10.2. The van der Waals surface area contributed by atoms with Crippen molar-refractivity contribution in [1.82, 2.24) is 19.8 Å². The number of aromatic nitrogens is 4. The van der Waals surface area contributed by atoms with Crippen molar-refractivity contribution in [1.29, 1.82) is 0 Å². The maximum Gasteiger partial charge on any atom is 0.234 e. The third kappa shape index (κ3) is 3.00. The summed E-state index contributed by atoms with van der Waals surface area (Å²) in [5, 5.41) is 15.6. The molecule has 7 nitrogen and oxygen atoms in total. The van der Waals surface area contributed by atoms with Gasteiger partial charge in [-0.15, -0.1) is 10.2 Å². The Hall–Kier alpha value is -2.48. The number of carbonyl (C=O) groups excluding carboxylic acids is 1. The maximum atomic E-state index is 12.0. The molecule has 0 aliphatic carbocycles. The second kappa shape index (κ2) is 5.88. The summed E-state index contributed by atoms with van der Waals surface area (Å²) in [6.45, 7) is 0. The Labute approximate surface area is 124 Å². The summed E-state index contributed by atoms with van der Waals surface area (Å²) < 4.78 is 6.80. The molecule has 8 heteroatoms. The van der Waals surface area contributed by atoms with E-state index in [1.54, 1.807) is 30.1 Å². The van der Waals surface area contributed by atoms with Crippen LogP contribution in [-0.2, 0) is 11.2 Å². The zero-order valence-electron chi connectivity index (χ0n) is 11.3. The van der Waals surface area contributed by atoms with E-state index in [1.807, 2.05) is 12.1 Å². The van der Waals surface area contributed by atoms with Crippen LogP contribution in [0.3, 0.4) is 0 Å². The molecule has 2 heterocycles. The molecule has 3 rings (SSSR count). The minimum atomic E-state index is -0.0783. The van der Waals surface area contributed by atoms with Gasteiger partial charge in [-0.3, -0.25) is 4.79 Å². The summed E-state index contributed by atoms with van der Waals surface area (Å²) in [4.78, 5) is 12.7. The molecule has 0 atom stereocenters. The van der Waals surface area contributed by atoms with Gasteiger partial charge >= 0.3 is 0 Å². The van der Waals surface area contributed by atoms with Crippen molar-refractivity contribution in [3.05, 3.63) is 35.6 Å². The zero-order valence-corrected chi connectivity index (χ0v) is 12.1. The molecule has 0 bridgehead atoms. The van der Waals surface area contributed by atoms with Crippen LogP contribution in [0.4, 0.5) is 5.69 Å². The third-order valence-corrected chi connectivity index (χ3v) is 3.85. The molecule has 0 saturated carbocycles. The average Bonchev–Trinajstić information content (AvgIpc) is 3.07. The molecule has 2 aromatic heterocycles. The van der Waals surface area contributed by atoms with Crippen molar-refractivity contribution in [2.24, 2.45) is 0 Å². The number of nitrogens with one attached hydrogen (secondary N) is 1. The predicted molar refractivity (Wildman–Crippen MR) is 78.6 cm³/mol. The van der Waals surface area contributed by atoms with Crippen LogP contribution in [0.1, 0.15) is 11.4 Å². The quantitative estimate of drug-likeness (QED) is 0.777. The molecule has 108 valence electrons. The van der Waals surface area contributed by atoms with Crippen LogP contribution >= 0.6 is 11.3 Å². The minimum Gasteiger partial charge on any atom is -0.495 e. The van der Waals surface area contributed by atoms with Gasteiger partial charge in [0, 0.05) is 12.8 Å². The molecule has 0 radical (unpaired) electrons. The van der Waals surface area contributed by atoms with Gasteiger partial charge in [-0.05, 0) is 12.1 Å². The number of nitrogens with zero attached hydrogens (tertiary/aromatic N) is 4. The molecule has 0 fully saturated rings. The predicted octanol–water partition coefficient (Wildman–Crippen LogP) is 1.77. The van der Waals surface area contributed by atoms with E-state index >= 15 is 0 Å². The van der Waals surface area contributed by atoms with Gasteiger partial charge < -0.3 is 10.1 Å². The lowest BCUT2D eigenvalue weighted by Gasteiger charge is -2.09. The number of hydrogen-bond donors (Lipinski definition) is 1. The van der Waals surface area contributed by atoms with Crippen LogP contribution in [-0.4, -0.2) is 32.8 Å². The SMILES string of the molecule is COc1ccccc1NC(=O)CCc1nn2cnnc2s1. The number of aryl methyl sites for hydroxylation is 1. The topological polar surface area (TPSA) is 81.4 Å². The van der Waals surface area contributed by atoms with E-state index in [-0.39, 0.29) is 5.91 Å². The molecule has 21 heavy (non-hydrogen) atoms. The Morgan fingerprint density at radius 2 is 2.29 bits per heavy atom. The van der Waals surface area contributed by atoms with Gasteiger partial charge in [0.25, 0.3) is 0 Å². The van der Waals surface area contributed by atoms with E-state index in [1.165, 1.54) is 11.3 Å². The number of amides is 1. The van der Waals surface area contributed by atoms with Crippen LogP contribution in [0, 0.1) is 0 Å². The van der Waals surface area contributed by atoms with Gasteiger partial charge in [0.15, 0.2) is 0 Å². The Morgan fingerprint density at radius 1 is 1.43 bits per heavy atom. The second-order valence-corrected chi connectivity index (χ2v) is 5.34. The van der Waals surface area contributed by atoms with E-state index < -0.39 is 0 Å². The summed E-state index contributed by atoms with van der Waals surface area (Å²) >= 11 is 1.43. The minimum absolute atomic E-state index is 0.0783. The number of anilines is 1. The summed E-state index contributed by atoms with van der Waals surface area (Å²) in [7, 11) is 1.57. The van der Waals surface area contributed by atoms with Crippen molar-refractivity contribution in [2.75, 3.05) is 12.4 Å². The molecule has 0 spiro atoms. The van der Waals surface area contributed by atoms with Crippen LogP contribution in [0.2, 0.25) is 0 Å². The smallest absolute Gasteiger partial charge is 0.234 e. The number of hydrogen-bond acceptors (Lipinski definition) is 6. The molecule has 0 aliphatic heterocycles. The van der Waals surface area contributed by atoms with E-state index in [0.29, 0.717) is 24.3 Å². The molecule has 1 aromatic carbocycles. The summed E-state index contributed by atoms with van der Waals surface area (Å²) in [6, 6.07) is 7.31. The number of carbonyl (C=O) groups is 1. The second-order valence-electron chi connectivity index (χ2n) is 4.30. The molecule has 0 aliphatic rings. The Balaban J connectivity index is 1.60. The van der Waals surface area contributed by atoms with Crippen molar-refractivity contribution < 1.29 is 9.53 Å². The average molecular weight is 303 g/mol. The largest absolute Gasteiger partial charge is 0.495 e. The van der Waals surface area contributed by atoms with Crippen molar-refractivity contribution >= 4 is 27.9 Å². The Morgan fingerprint density at radius 3 is 3.10 bits per heavy atom. The molecule has 1 amide bonds. The van der Waals surface area contributed by atoms with E-state index in [9.17, 15) is 4.79 Å². The number of fused-ring (bicyclic) bond motifs is 1. The van der Waals surface area contributed by atoms with Crippen LogP contribution in [0.5, 0.6) is 5.75 Å². The fourth-order valence-corrected chi connectivity index (χ4v) is 2.70. The Bertz CT molecular complexity index is 738. The third-order valence-electron chi connectivity index (χ3n) is 2.88. The van der Waals surface area contributed by atoms with Crippen LogP contribution in [0.15, 0.2) is 30.6 Å². The number of ether oxygens (including phenoxy) is 1. The van der Waals surface area contributed by atoms with Crippen molar-refractivity contribution in [2.45, 2.75) is 12.8 Å². The first-order valence-corrected chi connectivity index (χ1v) is 7.16. The molecular weight excluding hydrogens is 290 g/mol. The fraction of sp³-hybridized carbons (Fsp3) is 0.231. The lowest BCUT2D eigenvalue weighted by Crippen LogP contribution is -2.13. The van der Waals surface area contributed by atoms with Crippen LogP contribution < -0.4 is 10.1 Å². The van der Waals surface area contributed by atoms with Gasteiger partial charge in [-0.2, -0.15) is 9.61 Å². The van der Waals surface area contributed by atoms with Crippen LogP contribution in [0.25, 0.3) is 4.96 Å². The van der Waals surface area contributed by atoms with E-state index in [0.717, 1.165) is 9.97 Å². The van der Waals surface area contributed by atoms with Crippen molar-refractivity contribution in [3.63, 3.8) is 0 Å². The highest BCUT2D eigenvalue weighted by molar-refractivity contribution is 7.16. The normalized spacial score (nSPS) is 10.7. The monoisotopic (exact) mass is 303 g/mol. The number of methoxy groups -OCH3 is 1. The van der Waals surface area contributed by atoms with Gasteiger partial charge in [-0.1, -0.05) is 23.5 Å². The lowest BCUT2D eigenvalue weighted by molar-refractivity contribution is -0.116. The highest BCUT2D eigenvalue weighted by Gasteiger charge is 2.10. The standard InChI is InChI=1S/C13H13N5O2S/c1-20-10-5-3-2-4-9(10)15-11(19)6-7-12-17-18-8-14-16-13(18)21-12/h2-5,8H,6-7H2,1H3,(H,15,19). The fourth-order valence-electron chi connectivity index (χ4n) is 1.88. The summed E-state index contributed by atoms with van der Waals surface area (Å²) in [6.07, 6.45) is 2.46. The molecular formula is C13H13N5O2S. The number of para-hydroxylation sites is 2. The van der Waals surface area contributed by atoms with E-state index in [4.69, 9.17) is 4.74 Å². The molecule has 0 unspecified atom stereocenters. The summed E-state index contributed by atoms with van der Waals surface area (Å²) in [5.74, 6) is 0.565.